The molecule has 2 rings (SSSR count). The zero-order chi connectivity index (χ0) is 13.1. The molecule has 0 spiro atoms. The molecule has 7 heteroatoms. The second-order valence-electron chi connectivity index (χ2n) is 4.14. The van der Waals surface area contributed by atoms with Gasteiger partial charge >= 0.3 is 0 Å². The van der Waals surface area contributed by atoms with Crippen LogP contribution in [0.1, 0.15) is 5.56 Å². The van der Waals surface area contributed by atoms with Gasteiger partial charge in [0.05, 0.1) is 13.2 Å². The molecule has 18 heavy (non-hydrogen) atoms. The van der Waals surface area contributed by atoms with Gasteiger partial charge in [0.15, 0.2) is 0 Å². The lowest BCUT2D eigenvalue weighted by Gasteiger charge is -2.35. The van der Waals surface area contributed by atoms with Crippen molar-refractivity contribution in [1.29, 1.82) is 0 Å². The van der Waals surface area contributed by atoms with Gasteiger partial charge in [-0.05, 0) is 6.92 Å². The highest BCUT2D eigenvalue weighted by molar-refractivity contribution is 5.84. The van der Waals surface area contributed by atoms with Crippen LogP contribution in [0.3, 0.4) is 0 Å². The normalized spacial score (nSPS) is 19.7. The van der Waals surface area contributed by atoms with E-state index in [1.54, 1.807) is 13.2 Å². The van der Waals surface area contributed by atoms with Crippen molar-refractivity contribution in [2.75, 3.05) is 37.0 Å². The zero-order valence-corrected chi connectivity index (χ0v) is 10.5. The number of carbonyl (C=O) groups excluding carboxylic acids is 1. The van der Waals surface area contributed by atoms with Crippen molar-refractivity contribution in [3.8, 4) is 0 Å². The largest absolute Gasteiger partial charge is 0.377 e. The van der Waals surface area contributed by atoms with E-state index in [2.05, 4.69) is 15.3 Å². The maximum atomic E-state index is 11.4. The van der Waals surface area contributed by atoms with Crippen LogP contribution in [0.5, 0.6) is 0 Å². The molecule has 1 aliphatic rings. The minimum absolute atomic E-state index is 0.299. The molecule has 1 aliphatic heterocycles. The first-order chi connectivity index (χ1) is 8.63. The first kappa shape index (κ1) is 12.6. The van der Waals surface area contributed by atoms with Crippen LogP contribution in [0.4, 0.5) is 11.8 Å². The van der Waals surface area contributed by atoms with Crippen molar-refractivity contribution in [3.63, 3.8) is 0 Å². The Bertz CT molecular complexity index is 451. The molecule has 1 fully saturated rings. The summed E-state index contributed by atoms with van der Waals surface area (Å²) < 4.78 is 5.29. The van der Waals surface area contributed by atoms with E-state index in [1.807, 2.05) is 11.8 Å². The highest BCUT2D eigenvalue weighted by atomic mass is 16.5. The number of rotatable bonds is 3. The molecule has 1 unspecified atom stereocenters. The van der Waals surface area contributed by atoms with Crippen LogP contribution in [-0.2, 0) is 9.53 Å². The average molecular weight is 251 g/mol. The van der Waals surface area contributed by atoms with Gasteiger partial charge in [0.1, 0.15) is 11.9 Å². The van der Waals surface area contributed by atoms with Gasteiger partial charge in [-0.3, -0.25) is 4.79 Å². The molecule has 7 nitrogen and oxygen atoms in total. The number of hydrogen-bond donors (Lipinski definition) is 2. The van der Waals surface area contributed by atoms with Crippen LogP contribution in [0.25, 0.3) is 0 Å². The number of nitrogens with zero attached hydrogens (tertiary/aromatic N) is 3. The first-order valence-corrected chi connectivity index (χ1v) is 5.78. The van der Waals surface area contributed by atoms with Crippen molar-refractivity contribution in [1.82, 2.24) is 9.97 Å². The van der Waals surface area contributed by atoms with Gasteiger partial charge in [0.2, 0.25) is 11.9 Å². The minimum Gasteiger partial charge on any atom is -0.377 e. The SMILES string of the molecule is CNc1ncc(C)c(N2CCOCC2C(N)=O)n1. The van der Waals surface area contributed by atoms with Gasteiger partial charge in [0.25, 0.3) is 0 Å². The molecule has 1 atom stereocenters. The lowest BCUT2D eigenvalue weighted by Crippen LogP contribution is -2.53. The highest BCUT2D eigenvalue weighted by Gasteiger charge is 2.29. The van der Waals surface area contributed by atoms with E-state index in [-0.39, 0.29) is 0 Å². The van der Waals surface area contributed by atoms with E-state index < -0.39 is 11.9 Å². The third-order valence-electron chi connectivity index (χ3n) is 2.90. The Kier molecular flexibility index (Phi) is 3.61. The van der Waals surface area contributed by atoms with Crippen LogP contribution in [-0.4, -0.2) is 48.7 Å². The summed E-state index contributed by atoms with van der Waals surface area (Å²) in [5.74, 6) is 0.838. The quantitative estimate of drug-likeness (QED) is 0.753. The Morgan fingerprint density at radius 2 is 2.44 bits per heavy atom. The minimum atomic E-state index is -0.475. The predicted octanol–water partition coefficient (Wildman–Crippen LogP) is -0.483. The molecule has 1 aromatic heterocycles. The monoisotopic (exact) mass is 251 g/mol. The molecule has 0 radical (unpaired) electrons. The van der Waals surface area contributed by atoms with E-state index >= 15 is 0 Å². The maximum absolute atomic E-state index is 11.4. The molecule has 1 aromatic rings. The number of hydrogen-bond acceptors (Lipinski definition) is 6. The molecular formula is C11H17N5O2. The lowest BCUT2D eigenvalue weighted by molar-refractivity contribution is -0.121. The van der Waals surface area contributed by atoms with Crippen LogP contribution in [0.2, 0.25) is 0 Å². The zero-order valence-electron chi connectivity index (χ0n) is 10.5. The molecule has 0 bridgehead atoms. The van der Waals surface area contributed by atoms with Gasteiger partial charge in [-0.2, -0.15) is 4.98 Å². The number of morpholine rings is 1. The van der Waals surface area contributed by atoms with Gasteiger partial charge in [-0.15, -0.1) is 0 Å². The second-order valence-corrected chi connectivity index (χ2v) is 4.14. The first-order valence-electron chi connectivity index (χ1n) is 5.78. The van der Waals surface area contributed by atoms with Gasteiger partial charge in [-0.25, -0.2) is 4.98 Å². The highest BCUT2D eigenvalue weighted by Crippen LogP contribution is 2.22. The fraction of sp³-hybridized carbons (Fsp3) is 0.545. The Labute approximate surface area is 105 Å². The molecule has 0 aliphatic carbocycles. The number of amides is 1. The van der Waals surface area contributed by atoms with Crippen molar-refractivity contribution in [3.05, 3.63) is 11.8 Å². The van der Waals surface area contributed by atoms with Crippen molar-refractivity contribution < 1.29 is 9.53 Å². The molecule has 2 heterocycles. The Hall–Kier alpha value is -1.89. The molecule has 0 saturated carbocycles. The van der Waals surface area contributed by atoms with Gasteiger partial charge < -0.3 is 20.7 Å². The lowest BCUT2D eigenvalue weighted by atomic mass is 10.2. The van der Waals surface area contributed by atoms with Crippen molar-refractivity contribution >= 4 is 17.7 Å². The van der Waals surface area contributed by atoms with E-state index in [1.165, 1.54) is 0 Å². The summed E-state index contributed by atoms with van der Waals surface area (Å²) in [6, 6.07) is -0.475. The topological polar surface area (TPSA) is 93.4 Å². The Morgan fingerprint density at radius 1 is 1.67 bits per heavy atom. The number of primary amides is 1. The van der Waals surface area contributed by atoms with E-state index in [0.29, 0.717) is 25.7 Å². The molecular weight excluding hydrogens is 234 g/mol. The summed E-state index contributed by atoms with van der Waals surface area (Å²) in [5, 5.41) is 2.88. The summed E-state index contributed by atoms with van der Waals surface area (Å²) in [7, 11) is 1.75. The maximum Gasteiger partial charge on any atom is 0.242 e. The Morgan fingerprint density at radius 3 is 3.11 bits per heavy atom. The second kappa shape index (κ2) is 5.18. The number of anilines is 2. The summed E-state index contributed by atoms with van der Waals surface area (Å²) in [5.41, 5.74) is 6.30. The summed E-state index contributed by atoms with van der Waals surface area (Å²) in [6.07, 6.45) is 1.72. The summed E-state index contributed by atoms with van der Waals surface area (Å²) >= 11 is 0. The van der Waals surface area contributed by atoms with Crippen LogP contribution >= 0.6 is 0 Å². The van der Waals surface area contributed by atoms with Crippen molar-refractivity contribution in [2.45, 2.75) is 13.0 Å². The van der Waals surface area contributed by atoms with Crippen LogP contribution in [0.15, 0.2) is 6.20 Å². The van der Waals surface area contributed by atoms with Gasteiger partial charge in [0, 0.05) is 25.4 Å². The number of aryl methyl sites for hydroxylation is 1. The predicted molar refractivity (Wildman–Crippen MR) is 67.5 cm³/mol. The van der Waals surface area contributed by atoms with E-state index in [4.69, 9.17) is 10.5 Å². The Balaban J connectivity index is 2.35. The molecule has 3 N–H and O–H groups in total. The van der Waals surface area contributed by atoms with E-state index in [9.17, 15) is 4.79 Å². The number of carbonyl (C=O) groups is 1. The number of nitrogens with two attached hydrogens (primary N) is 1. The molecule has 1 amide bonds. The number of ether oxygens (including phenoxy) is 1. The van der Waals surface area contributed by atoms with E-state index in [0.717, 1.165) is 11.4 Å². The smallest absolute Gasteiger partial charge is 0.242 e. The average Bonchev–Trinajstić information content (AvgIpc) is 2.39. The molecule has 1 saturated heterocycles. The van der Waals surface area contributed by atoms with Crippen molar-refractivity contribution in [2.24, 2.45) is 5.73 Å². The third kappa shape index (κ3) is 2.35. The fourth-order valence-electron chi connectivity index (χ4n) is 1.94. The fourth-order valence-corrected chi connectivity index (χ4v) is 1.94. The third-order valence-corrected chi connectivity index (χ3v) is 2.90. The van der Waals surface area contributed by atoms with Crippen LogP contribution in [0, 0.1) is 6.92 Å². The van der Waals surface area contributed by atoms with Crippen LogP contribution < -0.4 is 16.0 Å². The number of nitrogens with one attached hydrogen (secondary N) is 1. The summed E-state index contributed by atoms with van der Waals surface area (Å²) in [6.45, 7) is 3.35. The summed E-state index contributed by atoms with van der Waals surface area (Å²) in [4.78, 5) is 21.8. The standard InChI is InChI=1S/C11H17N5O2/c1-7-5-14-11(13-2)15-10(7)16-3-4-18-6-8(16)9(12)17/h5,8H,3-4,6H2,1-2H3,(H2,12,17)(H,13,14,15). The molecule has 98 valence electrons. The molecule has 0 aromatic carbocycles. The van der Waals surface area contributed by atoms with Gasteiger partial charge in [-0.1, -0.05) is 0 Å². The number of aromatic nitrogens is 2.